The molecule has 1 aliphatic heterocycles. The van der Waals surface area contributed by atoms with E-state index >= 15 is 0 Å². The Morgan fingerprint density at radius 3 is 3.12 bits per heavy atom. The van der Waals surface area contributed by atoms with Crippen LogP contribution in [0, 0.1) is 0 Å². The molecule has 2 N–H and O–H groups in total. The zero-order chi connectivity index (χ0) is 11.5. The van der Waals surface area contributed by atoms with Crippen LogP contribution >= 0.6 is 0 Å². The second-order valence-corrected chi connectivity index (χ2v) is 4.15. The quantitative estimate of drug-likeness (QED) is 0.773. The van der Waals surface area contributed by atoms with Gasteiger partial charge in [-0.15, -0.1) is 5.10 Å². The zero-order valence-electron chi connectivity index (χ0n) is 9.46. The number of aromatic nitrogens is 3. The molecule has 88 valence electrons. The summed E-state index contributed by atoms with van der Waals surface area (Å²) in [5.74, 6) is -0.0201. The normalized spacial score (nSPS) is 20.4. The van der Waals surface area contributed by atoms with Gasteiger partial charge < -0.3 is 10.6 Å². The van der Waals surface area contributed by atoms with Gasteiger partial charge in [0.05, 0.1) is 12.7 Å². The average Bonchev–Trinajstić information content (AvgIpc) is 2.87. The molecule has 1 amide bonds. The van der Waals surface area contributed by atoms with Crippen molar-refractivity contribution in [2.24, 2.45) is 5.73 Å². The van der Waals surface area contributed by atoms with Gasteiger partial charge in [-0.05, 0) is 19.8 Å². The molecule has 0 radical (unpaired) electrons. The van der Waals surface area contributed by atoms with E-state index in [-0.39, 0.29) is 5.91 Å². The topological polar surface area (TPSA) is 77.0 Å². The summed E-state index contributed by atoms with van der Waals surface area (Å²) in [7, 11) is 0. The lowest BCUT2D eigenvalue weighted by molar-refractivity contribution is 0.0741. The molecule has 1 unspecified atom stereocenters. The number of amides is 1. The first-order valence-electron chi connectivity index (χ1n) is 5.63. The smallest absolute Gasteiger partial charge is 0.276 e. The van der Waals surface area contributed by atoms with E-state index in [1.54, 1.807) is 10.9 Å². The molecule has 0 aliphatic carbocycles. The zero-order valence-corrected chi connectivity index (χ0v) is 9.46. The van der Waals surface area contributed by atoms with Crippen LogP contribution in [0.2, 0.25) is 0 Å². The number of hydrogen-bond donors (Lipinski definition) is 1. The third-order valence-corrected chi connectivity index (χ3v) is 2.93. The minimum atomic E-state index is -0.0201. The Labute approximate surface area is 94.4 Å². The Morgan fingerprint density at radius 2 is 2.50 bits per heavy atom. The summed E-state index contributed by atoms with van der Waals surface area (Å²) in [4.78, 5) is 13.9. The molecule has 0 aromatic carbocycles. The van der Waals surface area contributed by atoms with Crippen LogP contribution in [0.1, 0.15) is 30.3 Å². The molecule has 0 saturated carbocycles. The molecule has 1 saturated heterocycles. The van der Waals surface area contributed by atoms with E-state index in [1.165, 1.54) is 0 Å². The molecule has 0 bridgehead atoms. The first-order chi connectivity index (χ1) is 7.72. The van der Waals surface area contributed by atoms with E-state index in [9.17, 15) is 4.79 Å². The van der Waals surface area contributed by atoms with Gasteiger partial charge >= 0.3 is 0 Å². The number of hydrogen-bond acceptors (Lipinski definition) is 4. The van der Waals surface area contributed by atoms with Gasteiger partial charge in [0.25, 0.3) is 5.91 Å². The second-order valence-electron chi connectivity index (χ2n) is 4.15. The summed E-state index contributed by atoms with van der Waals surface area (Å²) in [6.07, 6.45) is 3.81. The average molecular weight is 223 g/mol. The molecule has 1 atom stereocenters. The minimum Gasteiger partial charge on any atom is -0.334 e. The van der Waals surface area contributed by atoms with E-state index in [4.69, 9.17) is 5.73 Å². The molecular weight excluding hydrogens is 206 g/mol. The molecule has 1 aromatic heterocycles. The first kappa shape index (κ1) is 11.1. The lowest BCUT2D eigenvalue weighted by atomic mass is 10.2. The first-order valence-corrected chi connectivity index (χ1v) is 5.63. The van der Waals surface area contributed by atoms with E-state index < -0.39 is 0 Å². The molecule has 6 nitrogen and oxygen atoms in total. The van der Waals surface area contributed by atoms with Gasteiger partial charge in [-0.1, -0.05) is 5.21 Å². The molecule has 2 heterocycles. The van der Waals surface area contributed by atoms with Gasteiger partial charge in [0.1, 0.15) is 0 Å². The largest absolute Gasteiger partial charge is 0.334 e. The minimum absolute atomic E-state index is 0.0201. The highest BCUT2D eigenvalue weighted by molar-refractivity contribution is 5.92. The molecule has 0 spiro atoms. The van der Waals surface area contributed by atoms with E-state index in [2.05, 4.69) is 17.2 Å². The predicted octanol–water partition coefficient (Wildman–Crippen LogP) is -0.139. The molecule has 1 aromatic rings. The summed E-state index contributed by atoms with van der Waals surface area (Å²) in [6.45, 7) is 3.98. The number of rotatable bonds is 3. The van der Waals surface area contributed by atoms with Crippen LogP contribution < -0.4 is 5.73 Å². The van der Waals surface area contributed by atoms with Crippen LogP contribution in [0.4, 0.5) is 0 Å². The standard InChI is InChI=1S/C10H17N5O/c1-8-3-2-5-15(8)10(16)9-7-14(6-4-11)13-12-9/h7-8H,2-6,11H2,1H3. The maximum atomic E-state index is 12.1. The molecule has 16 heavy (non-hydrogen) atoms. The summed E-state index contributed by atoms with van der Waals surface area (Å²) in [5.41, 5.74) is 5.82. The van der Waals surface area contributed by atoms with Crippen molar-refractivity contribution in [3.8, 4) is 0 Å². The van der Waals surface area contributed by atoms with Gasteiger partial charge in [0.2, 0.25) is 0 Å². The maximum Gasteiger partial charge on any atom is 0.276 e. The highest BCUT2D eigenvalue weighted by Crippen LogP contribution is 2.18. The fraction of sp³-hybridized carbons (Fsp3) is 0.700. The summed E-state index contributed by atoms with van der Waals surface area (Å²) in [6, 6.07) is 0.312. The van der Waals surface area contributed by atoms with Crippen LogP contribution in [0.15, 0.2) is 6.20 Å². The lowest BCUT2D eigenvalue weighted by Crippen LogP contribution is -2.33. The lowest BCUT2D eigenvalue weighted by Gasteiger charge is -2.19. The fourth-order valence-corrected chi connectivity index (χ4v) is 2.02. The van der Waals surface area contributed by atoms with Gasteiger partial charge in [0.15, 0.2) is 5.69 Å². The van der Waals surface area contributed by atoms with Crippen molar-refractivity contribution in [2.45, 2.75) is 32.4 Å². The molecule has 1 aliphatic rings. The Kier molecular flexibility index (Phi) is 3.19. The number of carbonyl (C=O) groups is 1. The molecule has 6 heteroatoms. The van der Waals surface area contributed by atoms with Crippen molar-refractivity contribution >= 4 is 5.91 Å². The summed E-state index contributed by atoms with van der Waals surface area (Å²) < 4.78 is 1.61. The van der Waals surface area contributed by atoms with E-state index in [0.29, 0.717) is 24.8 Å². The SMILES string of the molecule is CC1CCCN1C(=O)c1cn(CCN)nn1. The monoisotopic (exact) mass is 223 g/mol. The van der Waals surface area contributed by atoms with Crippen LogP contribution in [-0.2, 0) is 6.54 Å². The summed E-state index contributed by atoms with van der Waals surface area (Å²) >= 11 is 0. The third kappa shape index (κ3) is 2.06. The van der Waals surface area contributed by atoms with Gasteiger partial charge in [-0.25, -0.2) is 0 Å². The Bertz CT molecular complexity index is 375. The third-order valence-electron chi connectivity index (χ3n) is 2.93. The van der Waals surface area contributed by atoms with Crippen LogP contribution in [0.25, 0.3) is 0 Å². The van der Waals surface area contributed by atoms with Crippen molar-refractivity contribution in [3.05, 3.63) is 11.9 Å². The fourth-order valence-electron chi connectivity index (χ4n) is 2.02. The van der Waals surface area contributed by atoms with E-state index in [1.807, 2.05) is 4.90 Å². The van der Waals surface area contributed by atoms with Crippen molar-refractivity contribution in [3.63, 3.8) is 0 Å². The summed E-state index contributed by atoms with van der Waals surface area (Å²) in [5, 5.41) is 7.74. The van der Waals surface area contributed by atoms with Gasteiger partial charge in [-0.3, -0.25) is 9.48 Å². The molecule has 1 fully saturated rings. The Balaban J connectivity index is 2.08. The molecular formula is C10H17N5O. The highest BCUT2D eigenvalue weighted by Gasteiger charge is 2.27. The van der Waals surface area contributed by atoms with Crippen LogP contribution in [-0.4, -0.2) is 44.9 Å². The van der Waals surface area contributed by atoms with Crippen molar-refractivity contribution < 1.29 is 4.79 Å². The van der Waals surface area contributed by atoms with Crippen molar-refractivity contribution in [2.75, 3.05) is 13.1 Å². The second kappa shape index (κ2) is 4.61. The van der Waals surface area contributed by atoms with Crippen LogP contribution in [0.5, 0.6) is 0 Å². The van der Waals surface area contributed by atoms with Crippen molar-refractivity contribution in [1.82, 2.24) is 19.9 Å². The van der Waals surface area contributed by atoms with Gasteiger partial charge in [0, 0.05) is 19.1 Å². The number of carbonyl (C=O) groups excluding carboxylic acids is 1. The Morgan fingerprint density at radius 1 is 1.69 bits per heavy atom. The maximum absolute atomic E-state index is 12.1. The number of nitrogens with two attached hydrogens (primary N) is 1. The number of likely N-dealkylation sites (tertiary alicyclic amines) is 1. The Hall–Kier alpha value is -1.43. The van der Waals surface area contributed by atoms with Crippen LogP contribution in [0.3, 0.4) is 0 Å². The molecule has 2 rings (SSSR count). The highest BCUT2D eigenvalue weighted by atomic mass is 16.2. The number of nitrogens with zero attached hydrogens (tertiary/aromatic N) is 4. The predicted molar refractivity (Wildman–Crippen MR) is 58.8 cm³/mol. The van der Waals surface area contributed by atoms with E-state index in [0.717, 1.165) is 19.4 Å². The van der Waals surface area contributed by atoms with Gasteiger partial charge in [-0.2, -0.15) is 0 Å². The van der Waals surface area contributed by atoms with Crippen molar-refractivity contribution in [1.29, 1.82) is 0 Å².